The molecule has 2 aliphatic rings. The number of β-amino-alcohol motifs (C(OH)–C–C–N with tert-alkyl or cyclic N) is 1. The van der Waals surface area contributed by atoms with Crippen molar-refractivity contribution >= 4 is 17.5 Å². The van der Waals surface area contributed by atoms with Crippen LogP contribution in [0.4, 0.5) is 5.69 Å². The maximum atomic E-state index is 13.3. The molecule has 1 fully saturated rings. The molecule has 3 atom stereocenters. The second-order valence-electron chi connectivity index (χ2n) is 7.67. The van der Waals surface area contributed by atoms with Gasteiger partial charge < -0.3 is 20.1 Å². The average Bonchev–Trinajstić information content (AvgIpc) is 2.67. The summed E-state index contributed by atoms with van der Waals surface area (Å²) in [6.45, 7) is 3.75. The Morgan fingerprint density at radius 3 is 2.68 bits per heavy atom. The maximum absolute atomic E-state index is 13.3. The van der Waals surface area contributed by atoms with E-state index in [4.69, 9.17) is 4.74 Å². The molecule has 2 aromatic carbocycles. The Labute approximate surface area is 164 Å². The van der Waals surface area contributed by atoms with E-state index in [1.54, 1.807) is 0 Å². The molecular formula is C22H24N2O4. The third-order valence-electron chi connectivity index (χ3n) is 5.68. The molecule has 146 valence electrons. The predicted octanol–water partition coefficient (Wildman–Crippen LogP) is 2.67. The van der Waals surface area contributed by atoms with Gasteiger partial charge in [-0.15, -0.1) is 0 Å². The van der Waals surface area contributed by atoms with Crippen LogP contribution in [0.25, 0.3) is 0 Å². The number of nitrogens with zero attached hydrogens (tertiary/aromatic N) is 1. The first-order valence-electron chi connectivity index (χ1n) is 9.51. The van der Waals surface area contributed by atoms with Gasteiger partial charge in [0.2, 0.25) is 11.8 Å². The number of hydrogen-bond donors (Lipinski definition) is 2. The number of anilines is 1. The highest BCUT2D eigenvalue weighted by Crippen LogP contribution is 2.50. The lowest BCUT2D eigenvalue weighted by atomic mass is 9.73. The Morgan fingerprint density at radius 2 is 1.96 bits per heavy atom. The van der Waals surface area contributed by atoms with Gasteiger partial charge in [0.15, 0.2) is 5.72 Å². The first-order chi connectivity index (χ1) is 13.4. The number of amides is 2. The van der Waals surface area contributed by atoms with Crippen LogP contribution in [0, 0.1) is 12.8 Å². The lowest BCUT2D eigenvalue weighted by Gasteiger charge is -2.52. The van der Waals surface area contributed by atoms with Crippen molar-refractivity contribution in [2.75, 3.05) is 18.5 Å². The van der Waals surface area contributed by atoms with Gasteiger partial charge in [-0.05, 0) is 37.6 Å². The second-order valence-corrected chi connectivity index (χ2v) is 7.67. The fourth-order valence-electron chi connectivity index (χ4n) is 4.31. The van der Waals surface area contributed by atoms with E-state index in [0.717, 1.165) is 11.1 Å². The van der Waals surface area contributed by atoms with E-state index in [9.17, 15) is 14.7 Å². The highest BCUT2D eigenvalue weighted by molar-refractivity contribution is 6.08. The smallest absolute Gasteiger partial charge is 0.238 e. The topological polar surface area (TPSA) is 78.9 Å². The molecule has 2 aliphatic heterocycles. The highest BCUT2D eigenvalue weighted by Gasteiger charge is 2.55. The molecular weight excluding hydrogens is 356 g/mol. The quantitative estimate of drug-likeness (QED) is 0.800. The van der Waals surface area contributed by atoms with Crippen molar-refractivity contribution in [3.05, 3.63) is 59.7 Å². The average molecular weight is 380 g/mol. The van der Waals surface area contributed by atoms with Crippen molar-refractivity contribution < 1.29 is 19.4 Å². The van der Waals surface area contributed by atoms with Crippen LogP contribution in [0.2, 0.25) is 0 Å². The second kappa shape index (κ2) is 6.95. The molecule has 2 bridgehead atoms. The molecule has 0 unspecified atom stereocenters. The van der Waals surface area contributed by atoms with Crippen molar-refractivity contribution in [1.29, 1.82) is 0 Å². The Bertz CT molecular complexity index is 911. The van der Waals surface area contributed by atoms with Crippen LogP contribution in [0.1, 0.15) is 30.4 Å². The van der Waals surface area contributed by atoms with Crippen LogP contribution in [-0.4, -0.2) is 40.7 Å². The molecule has 0 spiro atoms. The van der Waals surface area contributed by atoms with Gasteiger partial charge in [0, 0.05) is 24.6 Å². The number of carbonyl (C=O) groups is 2. The molecule has 0 saturated carbocycles. The molecule has 0 radical (unpaired) electrons. The summed E-state index contributed by atoms with van der Waals surface area (Å²) < 4.78 is 6.15. The number of likely N-dealkylation sites (tertiary alicyclic amines) is 1. The predicted molar refractivity (Wildman–Crippen MR) is 105 cm³/mol. The van der Waals surface area contributed by atoms with Crippen molar-refractivity contribution in [3.63, 3.8) is 0 Å². The Hall–Kier alpha value is -2.86. The molecule has 28 heavy (non-hydrogen) atoms. The normalized spacial score (nSPS) is 25.7. The highest BCUT2D eigenvalue weighted by atomic mass is 16.5. The largest absolute Gasteiger partial charge is 0.468 e. The summed E-state index contributed by atoms with van der Waals surface area (Å²) in [5.74, 6) is -1.11. The lowest BCUT2D eigenvalue weighted by Crippen LogP contribution is -2.64. The molecule has 0 aromatic heterocycles. The molecule has 4 rings (SSSR count). The Kier molecular flexibility index (Phi) is 4.59. The lowest BCUT2D eigenvalue weighted by molar-refractivity contribution is -0.176. The molecule has 2 heterocycles. The molecule has 1 saturated heterocycles. The number of ether oxygens (including phenoxy) is 1. The van der Waals surface area contributed by atoms with Crippen LogP contribution < -0.4 is 10.1 Å². The number of aliphatic hydroxyl groups is 1. The van der Waals surface area contributed by atoms with Gasteiger partial charge in [-0.3, -0.25) is 9.59 Å². The number of piperidine rings is 1. The van der Waals surface area contributed by atoms with Crippen molar-refractivity contribution in [2.24, 2.45) is 5.92 Å². The molecule has 2 amide bonds. The van der Waals surface area contributed by atoms with Gasteiger partial charge in [0.25, 0.3) is 0 Å². The van der Waals surface area contributed by atoms with Crippen LogP contribution in [0.3, 0.4) is 0 Å². The van der Waals surface area contributed by atoms with Crippen molar-refractivity contribution in [3.8, 4) is 5.75 Å². The van der Waals surface area contributed by atoms with Gasteiger partial charge in [0.1, 0.15) is 11.7 Å². The minimum atomic E-state index is -0.876. The summed E-state index contributed by atoms with van der Waals surface area (Å²) in [6.07, 6.45) is 0.502. The van der Waals surface area contributed by atoms with Crippen LogP contribution in [0.15, 0.2) is 48.5 Å². The standard InChI is InChI=1S/C22H24N2O4/c1-14-7-9-15(10-8-14)23-20(26)19-17-13-22(2,24(11-12-25)21(19)27)28-18-6-4-3-5-16(17)18/h3-10,17,19,25H,11-13H2,1-2H3,(H,23,26)/t17-,19+,22+/m0/s1. The fraction of sp³-hybridized carbons (Fsp3) is 0.364. The Balaban J connectivity index is 1.72. The van der Waals surface area contributed by atoms with Gasteiger partial charge in [0.05, 0.1) is 6.61 Å². The van der Waals surface area contributed by atoms with Crippen LogP contribution in [0.5, 0.6) is 5.75 Å². The summed E-state index contributed by atoms with van der Waals surface area (Å²) in [4.78, 5) is 28.0. The zero-order valence-electron chi connectivity index (χ0n) is 16.0. The zero-order chi connectivity index (χ0) is 19.9. The van der Waals surface area contributed by atoms with Crippen LogP contribution >= 0.6 is 0 Å². The molecule has 6 heteroatoms. The summed E-state index contributed by atoms with van der Waals surface area (Å²) >= 11 is 0. The number of para-hydroxylation sites is 1. The van der Waals surface area contributed by atoms with E-state index >= 15 is 0 Å². The first-order valence-corrected chi connectivity index (χ1v) is 9.51. The Morgan fingerprint density at radius 1 is 1.25 bits per heavy atom. The van der Waals surface area contributed by atoms with E-state index in [1.165, 1.54) is 4.90 Å². The summed E-state index contributed by atoms with van der Waals surface area (Å²) in [5.41, 5.74) is 1.75. The van der Waals surface area contributed by atoms with Crippen LogP contribution in [-0.2, 0) is 9.59 Å². The maximum Gasteiger partial charge on any atom is 0.238 e. The number of benzene rings is 2. The van der Waals surface area contributed by atoms with Gasteiger partial charge >= 0.3 is 0 Å². The fourth-order valence-corrected chi connectivity index (χ4v) is 4.31. The number of carbonyl (C=O) groups excluding carboxylic acids is 2. The van der Waals surface area contributed by atoms with E-state index in [-0.39, 0.29) is 30.9 Å². The monoisotopic (exact) mass is 380 g/mol. The zero-order valence-corrected chi connectivity index (χ0v) is 16.0. The number of hydrogen-bond acceptors (Lipinski definition) is 4. The number of rotatable bonds is 4. The number of nitrogens with one attached hydrogen (secondary N) is 1. The third kappa shape index (κ3) is 3.03. The third-order valence-corrected chi connectivity index (χ3v) is 5.68. The minimum Gasteiger partial charge on any atom is -0.468 e. The summed E-state index contributed by atoms with van der Waals surface area (Å²) in [5, 5.41) is 12.4. The SMILES string of the molecule is Cc1ccc(NC(=O)[C@@H]2C(=O)N(CCO)[C@@]3(C)C[C@H]2c2ccccc2O3)cc1. The van der Waals surface area contributed by atoms with Gasteiger partial charge in [-0.2, -0.15) is 0 Å². The van der Waals surface area contributed by atoms with E-state index < -0.39 is 11.6 Å². The van der Waals surface area contributed by atoms with Gasteiger partial charge in [-0.1, -0.05) is 35.9 Å². The van der Waals surface area contributed by atoms with Crippen molar-refractivity contribution in [1.82, 2.24) is 4.90 Å². The van der Waals surface area contributed by atoms with E-state index in [1.807, 2.05) is 62.4 Å². The first kappa shape index (κ1) is 18.5. The van der Waals surface area contributed by atoms with E-state index in [2.05, 4.69) is 5.32 Å². The molecule has 2 aromatic rings. The van der Waals surface area contributed by atoms with Gasteiger partial charge in [-0.25, -0.2) is 0 Å². The molecule has 2 N–H and O–H groups in total. The minimum absolute atomic E-state index is 0.124. The summed E-state index contributed by atoms with van der Waals surface area (Å²) in [7, 11) is 0. The number of aliphatic hydroxyl groups excluding tert-OH is 1. The van der Waals surface area contributed by atoms with Crippen molar-refractivity contribution in [2.45, 2.75) is 31.9 Å². The number of fused-ring (bicyclic) bond motifs is 4. The summed E-state index contributed by atoms with van der Waals surface area (Å²) in [6, 6.07) is 15.0. The van der Waals surface area contributed by atoms with E-state index in [0.29, 0.717) is 17.9 Å². The molecule has 6 nitrogen and oxygen atoms in total. The molecule has 0 aliphatic carbocycles. The number of aryl methyl sites for hydroxylation is 1.